The molecule has 10 rings (SSSR count). The minimum atomic E-state index is -1.03. The maximum Gasteiger partial charge on any atom is 0.408 e. The second-order valence-corrected chi connectivity index (χ2v) is 34.9. The minimum Gasteiger partial charge on any atom is -0.480 e. The van der Waals surface area contributed by atoms with Gasteiger partial charge in [-0.05, 0) is 141 Å². The molecule has 0 aliphatic heterocycles. The van der Waals surface area contributed by atoms with Crippen molar-refractivity contribution < 1.29 is 58.0 Å². The van der Waals surface area contributed by atoms with Crippen molar-refractivity contribution in [3.8, 4) is 45.0 Å². The third kappa shape index (κ3) is 44.5. The molecule has 4 aromatic heterocycles. The molecule has 4 heterocycles. The van der Waals surface area contributed by atoms with E-state index in [9.17, 15) is 38.4 Å². The highest BCUT2D eigenvalue weighted by molar-refractivity contribution is 7.59. The van der Waals surface area contributed by atoms with E-state index in [1.165, 1.54) is 45.3 Å². The molecular weight excluding hydrogens is 1670 g/mol. The van der Waals surface area contributed by atoms with Gasteiger partial charge in [-0.3, -0.25) is 19.2 Å². The maximum absolute atomic E-state index is 13.0. The van der Waals surface area contributed by atoms with Gasteiger partial charge in [-0.2, -0.15) is 54.0 Å². The van der Waals surface area contributed by atoms with Gasteiger partial charge in [0.2, 0.25) is 0 Å². The van der Waals surface area contributed by atoms with Gasteiger partial charge in [0, 0.05) is 49.3 Å². The summed E-state index contributed by atoms with van der Waals surface area (Å²) in [4.78, 5) is 113. The molecule has 0 saturated carbocycles. The van der Waals surface area contributed by atoms with Crippen molar-refractivity contribution in [2.24, 2.45) is 29.4 Å². The van der Waals surface area contributed by atoms with Crippen molar-refractivity contribution in [1.29, 1.82) is 0 Å². The number of carboxylic acids is 2. The lowest BCUT2D eigenvalue weighted by atomic mass is 9.98. The number of aromatic carboxylic acids is 1. The number of amides is 3. The van der Waals surface area contributed by atoms with E-state index in [-0.39, 0.29) is 96.1 Å². The molecule has 0 fully saturated rings. The predicted octanol–water partition coefficient (Wildman–Crippen LogP) is 20.7. The van der Waals surface area contributed by atoms with Crippen LogP contribution in [0.1, 0.15) is 184 Å². The van der Waals surface area contributed by atoms with Gasteiger partial charge in [-0.15, -0.1) is 45.3 Å². The number of ether oxygens (including phenoxy) is 2. The number of rotatable bonds is 31. The Morgan fingerprint density at radius 3 is 0.933 bits per heavy atom. The lowest BCUT2D eigenvalue weighted by molar-refractivity contribution is -0.139. The SMILES string of the molecule is CC(C)CC[C@H](N)C(=O)Cc1nc(-c2ccccc2)cs1.CC(C)CC[C@H](NC(=O)OC(C)(C)C)C(=O)Cc1nc(-c2ccccc2)cs1.CC(C)CC[C@H](NC(=O)OC(C)(C)C)C(=O)O.CC(C)CC[C@H](NC(=O)c1ccccc1)C(=O)Cc1nc(-c2ccccc2)cs1.Nc1nc(-c2ccccc2)cs1.O=C(O)c1ccccc1.S.S.S.S. The van der Waals surface area contributed by atoms with Crippen LogP contribution in [-0.2, 0) is 47.9 Å². The van der Waals surface area contributed by atoms with Crippen molar-refractivity contribution >= 4 is 152 Å². The molecule has 0 spiro atoms. The van der Waals surface area contributed by atoms with Gasteiger partial charge in [0.05, 0.1) is 65.7 Å². The molecule has 0 radical (unpaired) electrons. The van der Waals surface area contributed by atoms with Crippen LogP contribution in [0.15, 0.2) is 204 Å². The van der Waals surface area contributed by atoms with Gasteiger partial charge in [0.15, 0.2) is 22.5 Å². The van der Waals surface area contributed by atoms with E-state index in [1.54, 1.807) is 84.0 Å². The zero-order chi connectivity index (χ0) is 85.3. The Balaban J connectivity index is 0.000000741. The molecule has 4 atom stereocenters. The first-order valence-electron chi connectivity index (χ1n) is 39.0. The molecule has 10 aromatic rings. The van der Waals surface area contributed by atoms with Crippen LogP contribution in [0, 0.1) is 23.7 Å². The summed E-state index contributed by atoms with van der Waals surface area (Å²) in [5.41, 5.74) is 19.1. The van der Waals surface area contributed by atoms with Crippen LogP contribution in [0.3, 0.4) is 0 Å². The number of carboxylic acid groups (broad SMARTS) is 2. The Morgan fingerprint density at radius 2 is 0.642 bits per heavy atom. The molecule has 0 bridgehead atoms. The first-order chi connectivity index (χ1) is 55.0. The molecule has 3 amide bonds. The van der Waals surface area contributed by atoms with E-state index in [0.29, 0.717) is 65.6 Å². The molecule has 9 N–H and O–H groups in total. The van der Waals surface area contributed by atoms with E-state index < -0.39 is 53.5 Å². The van der Waals surface area contributed by atoms with Gasteiger partial charge >= 0.3 is 24.1 Å². The molecule has 6 aromatic carbocycles. The number of aromatic nitrogens is 4. The number of anilines is 1. The molecule has 0 aliphatic carbocycles. The van der Waals surface area contributed by atoms with E-state index in [2.05, 4.69) is 77.4 Å². The van der Waals surface area contributed by atoms with Crippen molar-refractivity contribution in [3.05, 3.63) is 230 Å². The second kappa shape index (κ2) is 57.3. The Bertz CT molecular complexity index is 4580. The van der Waals surface area contributed by atoms with Gasteiger partial charge in [0.1, 0.15) is 32.3 Å². The molecular formula is C91H123N9O12S8. The third-order valence-corrected chi connectivity index (χ3v) is 20.0. The highest BCUT2D eigenvalue weighted by Crippen LogP contribution is 2.27. The average molecular weight is 1790 g/mol. The van der Waals surface area contributed by atoms with Crippen LogP contribution < -0.4 is 27.4 Å². The number of carbonyl (C=O) groups is 8. The summed E-state index contributed by atoms with van der Waals surface area (Å²) < 4.78 is 10.3. The van der Waals surface area contributed by atoms with E-state index in [1.807, 2.05) is 175 Å². The molecule has 0 aliphatic rings. The Labute approximate surface area is 752 Å². The van der Waals surface area contributed by atoms with Crippen LogP contribution >= 0.6 is 99.3 Å². The van der Waals surface area contributed by atoms with E-state index in [4.69, 9.17) is 31.2 Å². The topological polar surface area (TPSA) is 335 Å². The number of carbonyl (C=O) groups excluding carboxylic acids is 6. The Morgan fingerprint density at radius 1 is 0.367 bits per heavy atom. The normalized spacial score (nSPS) is 11.6. The first kappa shape index (κ1) is 109. The quantitative estimate of drug-likeness (QED) is 0.0212. The predicted molar refractivity (Wildman–Crippen MR) is 512 cm³/mol. The van der Waals surface area contributed by atoms with Crippen LogP contribution in [0.2, 0.25) is 0 Å². The lowest BCUT2D eigenvalue weighted by Gasteiger charge is -2.23. The summed E-state index contributed by atoms with van der Waals surface area (Å²) in [5, 5.41) is 36.3. The number of nitrogens with one attached hydrogen (secondary N) is 3. The molecule has 120 heavy (non-hydrogen) atoms. The van der Waals surface area contributed by atoms with Crippen LogP contribution in [0.4, 0.5) is 14.7 Å². The fourth-order valence-corrected chi connectivity index (χ4v) is 13.6. The number of thiazole rings is 4. The molecule has 21 nitrogen and oxygen atoms in total. The monoisotopic (exact) mass is 1790 g/mol. The highest BCUT2D eigenvalue weighted by Gasteiger charge is 2.28. The average Bonchev–Trinajstić information content (AvgIpc) is 1.70. The largest absolute Gasteiger partial charge is 0.480 e. The number of nitrogen functional groups attached to an aromatic ring is 1. The van der Waals surface area contributed by atoms with Crippen LogP contribution in [0.25, 0.3) is 45.0 Å². The summed E-state index contributed by atoms with van der Waals surface area (Å²) in [6, 6.07) is 54.8. The number of Topliss-reactive ketones (excluding diaryl/α,β-unsaturated/α-hetero) is 3. The van der Waals surface area contributed by atoms with E-state index in [0.717, 1.165) is 92.2 Å². The van der Waals surface area contributed by atoms with Crippen molar-refractivity contribution in [2.45, 2.75) is 203 Å². The van der Waals surface area contributed by atoms with Crippen molar-refractivity contribution in [3.63, 3.8) is 0 Å². The van der Waals surface area contributed by atoms with Gasteiger partial charge in [-0.25, -0.2) is 39.1 Å². The number of aliphatic carboxylic acids is 1. The van der Waals surface area contributed by atoms with Gasteiger partial charge in [-0.1, -0.05) is 213 Å². The van der Waals surface area contributed by atoms with Gasteiger partial charge in [0.25, 0.3) is 5.91 Å². The number of benzene rings is 6. The number of hydrogen-bond acceptors (Lipinski definition) is 20. The smallest absolute Gasteiger partial charge is 0.408 e. The number of alkyl carbamates (subject to hydrolysis) is 2. The number of nitrogens with zero attached hydrogens (tertiary/aromatic N) is 4. The lowest BCUT2D eigenvalue weighted by Crippen LogP contribution is -2.44. The van der Waals surface area contributed by atoms with Crippen molar-refractivity contribution in [1.82, 2.24) is 35.9 Å². The first-order valence-corrected chi connectivity index (χ1v) is 42.5. The fraction of sp³-hybridized carbons (Fsp3) is 0.385. The molecule has 29 heteroatoms. The number of nitrogens with two attached hydrogens (primary N) is 2. The molecule has 0 saturated heterocycles. The summed E-state index contributed by atoms with van der Waals surface area (Å²) in [5.74, 6) is -0.188. The standard InChI is InChI=1S/C24H26N2O2S.C22H30N2O3S.C17H22N2OS.C12H23NO4.C9H8N2S.C7H6O2.4H2S/c1-17(2)13-14-20(26-24(28)19-11-7-4-8-12-19)22(27)15-23-25-21(16-29-23)18-9-5-3-6-10-18;1-15(2)11-12-17(24-21(26)27-22(3,4)5)19(25)13-20-23-18(14-28-20)16-9-7-6-8-10-16;1-12(2)8-9-14(18)16(20)10-17-19-15(11-21-17)13-6-4-3-5-7-13;1-8(2)6-7-9(10(14)15)13-11(16)17-12(3,4)5;10-9-11-8(6-12-9)7-4-2-1-3-5-7;8-7(9)6-4-2-1-3-5-6;;;;/h3-12,16-17,20H,13-15H2,1-2H3,(H,26,28);6-10,14-15,17H,11-13H2,1-5H3,(H,24,26);3-7,11-12,14H,8-10,18H2,1-2H3;8-9H,6-7H2,1-5H3,(H,13,16)(H,14,15);1-6H,(H2,10,11);1-5H,(H,8,9);4*1H2/t20-;17-;14-;9-;;;;;;/m0000....../s1. The summed E-state index contributed by atoms with van der Waals surface area (Å²) in [6.45, 7) is 27.3. The van der Waals surface area contributed by atoms with Crippen molar-refractivity contribution in [2.75, 3.05) is 5.73 Å². The van der Waals surface area contributed by atoms with Crippen LogP contribution in [0.5, 0.6) is 0 Å². The maximum atomic E-state index is 13.0. The fourth-order valence-electron chi connectivity index (χ4n) is 10.6. The summed E-state index contributed by atoms with van der Waals surface area (Å²) >= 11 is 5.95. The zero-order valence-corrected chi connectivity index (χ0v) is 78.3. The van der Waals surface area contributed by atoms with Crippen LogP contribution in [-0.4, -0.2) is 113 Å². The Kier molecular flexibility index (Phi) is 52.0. The Hall–Kier alpha value is -9.04. The zero-order valence-electron chi connectivity index (χ0n) is 71.1. The summed E-state index contributed by atoms with van der Waals surface area (Å²) in [6.07, 6.45) is 5.37. The second-order valence-electron chi connectivity index (χ2n) is 31.1. The molecule has 652 valence electrons. The van der Waals surface area contributed by atoms with Gasteiger partial charge < -0.3 is 47.1 Å². The number of hydrogen-bond donors (Lipinski definition) is 7. The van der Waals surface area contributed by atoms with E-state index >= 15 is 0 Å². The number of ketones is 3. The highest BCUT2D eigenvalue weighted by atomic mass is 32.1. The summed E-state index contributed by atoms with van der Waals surface area (Å²) in [7, 11) is 0. The minimum absolute atomic E-state index is 0. The third-order valence-electron chi connectivity index (χ3n) is 16.8. The molecule has 0 unspecified atom stereocenters.